The molecule has 7 heteroatoms. The third-order valence-electron chi connectivity index (χ3n) is 3.72. The van der Waals surface area contributed by atoms with Crippen molar-refractivity contribution >= 4 is 34.0 Å². The van der Waals surface area contributed by atoms with Crippen molar-refractivity contribution in [3.63, 3.8) is 0 Å². The first-order chi connectivity index (χ1) is 12.2. The molecule has 124 valence electrons. The van der Waals surface area contributed by atoms with Gasteiger partial charge in [-0.1, -0.05) is 41.1 Å². The molecule has 2 heterocycles. The zero-order chi connectivity index (χ0) is 17.4. The van der Waals surface area contributed by atoms with Crippen molar-refractivity contribution in [1.82, 2.24) is 14.6 Å². The van der Waals surface area contributed by atoms with Gasteiger partial charge in [0.15, 0.2) is 5.82 Å². The van der Waals surface area contributed by atoms with Gasteiger partial charge in [-0.3, -0.25) is 4.79 Å². The number of aromatic nitrogens is 3. The minimum absolute atomic E-state index is 0.202. The number of hydrogen-bond donors (Lipinski definition) is 0. The first-order valence-electron chi connectivity index (χ1n) is 7.46. The van der Waals surface area contributed by atoms with E-state index in [0.29, 0.717) is 20.3 Å². The quantitative estimate of drug-likeness (QED) is 0.557. The molecule has 0 spiro atoms. The van der Waals surface area contributed by atoms with Crippen LogP contribution in [0.4, 0.5) is 0 Å². The number of hydrogen-bond acceptors (Lipinski definition) is 5. The van der Waals surface area contributed by atoms with Gasteiger partial charge in [-0.2, -0.15) is 9.50 Å². The molecule has 4 aromatic rings. The van der Waals surface area contributed by atoms with Crippen LogP contribution in [-0.4, -0.2) is 21.7 Å². The second kappa shape index (κ2) is 6.31. The summed E-state index contributed by atoms with van der Waals surface area (Å²) in [5, 5.41) is 4.93. The number of methoxy groups -OCH3 is 1. The van der Waals surface area contributed by atoms with Crippen LogP contribution in [0.25, 0.3) is 22.4 Å². The Morgan fingerprint density at radius 3 is 2.60 bits per heavy atom. The first kappa shape index (κ1) is 15.8. The summed E-state index contributed by atoms with van der Waals surface area (Å²) in [6, 6.07) is 14.8. The number of thiazole rings is 1. The van der Waals surface area contributed by atoms with E-state index >= 15 is 0 Å². The minimum atomic E-state index is -0.202. The Kier molecular flexibility index (Phi) is 3.99. The second-order valence-corrected chi connectivity index (χ2v) is 6.71. The Morgan fingerprint density at radius 1 is 1.16 bits per heavy atom. The van der Waals surface area contributed by atoms with E-state index in [4.69, 9.17) is 16.3 Å². The molecule has 0 aliphatic carbocycles. The van der Waals surface area contributed by atoms with Gasteiger partial charge in [-0.25, -0.2) is 0 Å². The highest BCUT2D eigenvalue weighted by atomic mass is 35.5. The van der Waals surface area contributed by atoms with E-state index in [0.717, 1.165) is 16.9 Å². The van der Waals surface area contributed by atoms with E-state index in [-0.39, 0.29) is 5.56 Å². The van der Waals surface area contributed by atoms with Crippen LogP contribution in [0.15, 0.2) is 53.3 Å². The number of nitrogens with zero attached hydrogens (tertiary/aromatic N) is 3. The molecule has 0 aliphatic rings. The van der Waals surface area contributed by atoms with E-state index in [2.05, 4.69) is 10.1 Å². The monoisotopic (exact) mass is 369 g/mol. The fraction of sp³-hybridized carbons (Fsp3) is 0.0556. The third-order valence-corrected chi connectivity index (χ3v) is 5.03. The largest absolute Gasteiger partial charge is 0.497 e. The van der Waals surface area contributed by atoms with Gasteiger partial charge in [0.1, 0.15) is 5.75 Å². The van der Waals surface area contributed by atoms with Crippen LogP contribution in [0.5, 0.6) is 5.75 Å². The predicted octanol–water partition coefficient (Wildman–Crippen LogP) is 3.03. The van der Waals surface area contributed by atoms with Crippen LogP contribution in [0.1, 0.15) is 5.56 Å². The summed E-state index contributed by atoms with van der Waals surface area (Å²) in [5.74, 6) is 1.27. The second-order valence-electron chi connectivity index (χ2n) is 5.30. The summed E-state index contributed by atoms with van der Waals surface area (Å²) in [7, 11) is 1.61. The third kappa shape index (κ3) is 2.90. The molecule has 2 aromatic heterocycles. The topological polar surface area (TPSA) is 56.5 Å². The van der Waals surface area contributed by atoms with Gasteiger partial charge in [0.2, 0.25) is 4.96 Å². The van der Waals surface area contributed by atoms with Crippen molar-refractivity contribution in [3.8, 4) is 17.1 Å². The van der Waals surface area contributed by atoms with Crippen LogP contribution in [-0.2, 0) is 0 Å². The molecular formula is C18H12ClN3O2S. The smallest absolute Gasteiger partial charge is 0.291 e. The van der Waals surface area contributed by atoms with Crippen LogP contribution in [0.2, 0.25) is 5.02 Å². The van der Waals surface area contributed by atoms with Gasteiger partial charge in [-0.15, -0.1) is 5.10 Å². The van der Waals surface area contributed by atoms with Crippen molar-refractivity contribution < 1.29 is 4.74 Å². The van der Waals surface area contributed by atoms with E-state index in [1.165, 1.54) is 15.9 Å². The van der Waals surface area contributed by atoms with Gasteiger partial charge in [0.25, 0.3) is 5.56 Å². The molecule has 0 radical (unpaired) electrons. The van der Waals surface area contributed by atoms with Crippen LogP contribution >= 0.6 is 22.9 Å². The zero-order valence-corrected chi connectivity index (χ0v) is 14.7. The summed E-state index contributed by atoms with van der Waals surface area (Å²) >= 11 is 7.44. The number of fused-ring (bicyclic) bond motifs is 1. The molecule has 2 aromatic carbocycles. The molecule has 0 N–H and O–H groups in total. The molecule has 4 rings (SSSR count). The lowest BCUT2D eigenvalue weighted by Crippen LogP contribution is -2.23. The summed E-state index contributed by atoms with van der Waals surface area (Å²) in [6.45, 7) is 0. The average Bonchev–Trinajstić information content (AvgIpc) is 3.17. The highest BCUT2D eigenvalue weighted by Gasteiger charge is 2.12. The van der Waals surface area contributed by atoms with Crippen molar-refractivity contribution in [2.24, 2.45) is 0 Å². The van der Waals surface area contributed by atoms with Gasteiger partial charge in [0.05, 0.1) is 11.6 Å². The molecule has 0 amide bonds. The maximum Gasteiger partial charge on any atom is 0.291 e. The summed E-state index contributed by atoms with van der Waals surface area (Å²) in [4.78, 5) is 17.6. The molecule has 0 saturated heterocycles. The highest BCUT2D eigenvalue weighted by molar-refractivity contribution is 7.15. The van der Waals surface area contributed by atoms with E-state index < -0.39 is 0 Å². The first-order valence-corrected chi connectivity index (χ1v) is 8.65. The van der Waals surface area contributed by atoms with Gasteiger partial charge >= 0.3 is 0 Å². The van der Waals surface area contributed by atoms with Gasteiger partial charge < -0.3 is 4.74 Å². The molecule has 5 nitrogen and oxygen atoms in total. The highest BCUT2D eigenvalue weighted by Crippen LogP contribution is 2.20. The van der Waals surface area contributed by atoms with Crippen molar-refractivity contribution in [1.29, 1.82) is 0 Å². The lowest BCUT2D eigenvalue weighted by molar-refractivity contribution is 0.415. The number of rotatable bonds is 3. The molecule has 25 heavy (non-hydrogen) atoms. The van der Waals surface area contributed by atoms with Crippen LogP contribution in [0, 0.1) is 0 Å². The Bertz CT molecular complexity index is 1170. The van der Waals surface area contributed by atoms with Crippen LogP contribution in [0.3, 0.4) is 0 Å². The summed E-state index contributed by atoms with van der Waals surface area (Å²) in [5.41, 5.74) is 1.42. The number of halogens is 1. The molecule has 0 fully saturated rings. The Morgan fingerprint density at radius 2 is 1.92 bits per heavy atom. The summed E-state index contributed by atoms with van der Waals surface area (Å²) in [6.07, 6.45) is 1.76. The fourth-order valence-electron chi connectivity index (χ4n) is 2.43. The fourth-order valence-corrected chi connectivity index (χ4v) is 3.52. The number of ether oxygens (including phenoxy) is 1. The molecular weight excluding hydrogens is 358 g/mol. The van der Waals surface area contributed by atoms with Crippen molar-refractivity contribution in [3.05, 3.63) is 74.0 Å². The molecule has 0 unspecified atom stereocenters. The Labute approximate surface area is 151 Å². The Hall–Kier alpha value is -2.70. The normalized spacial score (nSPS) is 12.0. The van der Waals surface area contributed by atoms with Crippen LogP contribution < -0.4 is 14.8 Å². The molecule has 0 saturated carbocycles. The maximum atomic E-state index is 12.6. The SMILES string of the molecule is COc1ccc(-c2nc3sc(=Cc4ccccc4Cl)c(=O)n3n2)cc1. The van der Waals surface area contributed by atoms with E-state index in [1.807, 2.05) is 42.5 Å². The number of benzene rings is 2. The van der Waals surface area contributed by atoms with Crippen molar-refractivity contribution in [2.45, 2.75) is 0 Å². The van der Waals surface area contributed by atoms with E-state index in [9.17, 15) is 4.79 Å². The Balaban J connectivity index is 1.79. The molecule has 0 bridgehead atoms. The molecule has 0 atom stereocenters. The average molecular weight is 370 g/mol. The maximum absolute atomic E-state index is 12.6. The predicted molar refractivity (Wildman–Crippen MR) is 99.4 cm³/mol. The standard InChI is InChI=1S/C18H12ClN3O2S/c1-24-13-8-6-11(7-9-13)16-20-18-22(21-16)17(23)15(25-18)10-12-4-2-3-5-14(12)19/h2-10H,1H3. The van der Waals surface area contributed by atoms with E-state index in [1.54, 1.807) is 19.3 Å². The minimum Gasteiger partial charge on any atom is -0.497 e. The van der Waals surface area contributed by atoms with Gasteiger partial charge in [0, 0.05) is 10.6 Å². The lowest BCUT2D eigenvalue weighted by atomic mass is 10.2. The molecule has 0 aliphatic heterocycles. The van der Waals surface area contributed by atoms with Gasteiger partial charge in [-0.05, 0) is 42.0 Å². The summed E-state index contributed by atoms with van der Waals surface area (Å²) < 4.78 is 7.01. The van der Waals surface area contributed by atoms with Crippen molar-refractivity contribution in [2.75, 3.05) is 7.11 Å². The lowest BCUT2D eigenvalue weighted by Gasteiger charge is -1.99. The zero-order valence-electron chi connectivity index (χ0n) is 13.1.